The predicted molar refractivity (Wildman–Crippen MR) is 113 cm³/mol. The summed E-state index contributed by atoms with van der Waals surface area (Å²) in [5.41, 5.74) is 2.90. The van der Waals surface area contributed by atoms with Gasteiger partial charge in [-0.05, 0) is 54.4 Å². The molecule has 1 N–H and O–H groups in total. The molecule has 0 amide bonds. The fourth-order valence-electron chi connectivity index (χ4n) is 2.67. The maximum atomic E-state index is 12.6. The summed E-state index contributed by atoms with van der Waals surface area (Å²) in [7, 11) is 0. The average molecular weight is 490 g/mol. The van der Waals surface area contributed by atoms with Gasteiger partial charge in [-0.25, -0.2) is 4.79 Å². The summed E-state index contributed by atoms with van der Waals surface area (Å²) in [6, 6.07) is 21.8. The minimum absolute atomic E-state index is 0.450. The molecule has 3 aromatic rings. The quantitative estimate of drug-likeness (QED) is 0.437. The molecule has 0 spiro atoms. The van der Waals surface area contributed by atoms with Crippen LogP contribution in [0.15, 0.2) is 81.7 Å². The van der Waals surface area contributed by atoms with E-state index in [2.05, 4.69) is 31.9 Å². The molecule has 0 heterocycles. The van der Waals surface area contributed by atoms with Crippen molar-refractivity contribution < 1.29 is 14.6 Å². The largest absolute Gasteiger partial charge is 0.451 e. The van der Waals surface area contributed by atoms with Gasteiger partial charge < -0.3 is 9.84 Å². The molecule has 0 aliphatic heterocycles. The van der Waals surface area contributed by atoms with Crippen LogP contribution in [0.4, 0.5) is 0 Å². The number of halogens is 2. The first-order valence-electron chi connectivity index (χ1n) is 8.40. The monoisotopic (exact) mass is 488 g/mol. The van der Waals surface area contributed by atoms with Gasteiger partial charge in [0, 0.05) is 8.95 Å². The number of carbonyl (C=O) groups is 1. The Morgan fingerprint density at radius 1 is 0.815 bits per heavy atom. The lowest BCUT2D eigenvalue weighted by Crippen LogP contribution is -2.19. The molecule has 0 saturated carbocycles. The number of aliphatic hydroxyl groups is 1. The lowest BCUT2D eigenvalue weighted by molar-refractivity contribution is -0.0209. The van der Waals surface area contributed by atoms with E-state index < -0.39 is 18.2 Å². The van der Waals surface area contributed by atoms with Crippen molar-refractivity contribution in [2.75, 3.05) is 0 Å². The Labute approximate surface area is 175 Å². The molecule has 0 radical (unpaired) electrons. The molecule has 3 rings (SSSR count). The second-order valence-electron chi connectivity index (χ2n) is 6.24. The molecule has 0 fully saturated rings. The van der Waals surface area contributed by atoms with Crippen LogP contribution in [0, 0.1) is 6.92 Å². The summed E-state index contributed by atoms with van der Waals surface area (Å²) >= 11 is 6.79. The van der Waals surface area contributed by atoms with Gasteiger partial charge in [0.1, 0.15) is 6.10 Å². The molecule has 2 atom stereocenters. The molecule has 3 nitrogen and oxygen atoms in total. The zero-order valence-electron chi connectivity index (χ0n) is 14.6. The molecular formula is C22H18Br2O3. The highest BCUT2D eigenvalue weighted by Crippen LogP contribution is 2.34. The van der Waals surface area contributed by atoms with Crippen molar-refractivity contribution in [2.45, 2.75) is 19.1 Å². The van der Waals surface area contributed by atoms with Crippen molar-refractivity contribution in [1.29, 1.82) is 0 Å². The van der Waals surface area contributed by atoms with Crippen molar-refractivity contribution in [3.05, 3.63) is 104 Å². The third-order valence-corrected chi connectivity index (χ3v) is 5.28. The Morgan fingerprint density at radius 2 is 1.30 bits per heavy atom. The number of hydrogen-bond acceptors (Lipinski definition) is 3. The molecule has 138 valence electrons. The van der Waals surface area contributed by atoms with Crippen LogP contribution in [-0.2, 0) is 4.74 Å². The lowest BCUT2D eigenvalue weighted by atomic mass is 9.98. The van der Waals surface area contributed by atoms with E-state index >= 15 is 0 Å². The number of benzene rings is 3. The minimum Gasteiger partial charge on any atom is -0.451 e. The van der Waals surface area contributed by atoms with E-state index in [1.54, 1.807) is 24.3 Å². The number of ether oxygens (including phenoxy) is 1. The summed E-state index contributed by atoms with van der Waals surface area (Å²) in [4.78, 5) is 12.6. The van der Waals surface area contributed by atoms with Crippen molar-refractivity contribution >= 4 is 37.8 Å². The highest BCUT2D eigenvalue weighted by molar-refractivity contribution is 9.10. The summed E-state index contributed by atoms with van der Waals surface area (Å²) < 4.78 is 7.56. The first kappa shape index (κ1) is 19.8. The van der Waals surface area contributed by atoms with Gasteiger partial charge >= 0.3 is 5.97 Å². The summed E-state index contributed by atoms with van der Waals surface area (Å²) in [6.45, 7) is 1.96. The van der Waals surface area contributed by atoms with Gasteiger partial charge in [0.05, 0.1) is 5.56 Å². The van der Waals surface area contributed by atoms with Gasteiger partial charge in [0.25, 0.3) is 0 Å². The molecule has 0 bridgehead atoms. The van der Waals surface area contributed by atoms with Gasteiger partial charge in [-0.15, -0.1) is 0 Å². The van der Waals surface area contributed by atoms with Crippen LogP contribution >= 0.6 is 31.9 Å². The van der Waals surface area contributed by atoms with E-state index in [0.717, 1.165) is 14.5 Å². The molecule has 3 aromatic carbocycles. The standard InChI is InChI=1S/C22H18Br2O3/c1-14-2-4-17(5-3-14)22(26)27-21(16-8-12-19(24)13-9-16)20(25)15-6-10-18(23)11-7-15/h2-13,20-21,25H,1H3/t20-,21+/m0/s1. The van der Waals surface area contributed by atoms with E-state index in [-0.39, 0.29) is 0 Å². The third kappa shape index (κ3) is 5.06. The Balaban J connectivity index is 1.91. The maximum Gasteiger partial charge on any atom is 0.338 e. The van der Waals surface area contributed by atoms with E-state index in [4.69, 9.17) is 4.74 Å². The van der Waals surface area contributed by atoms with Crippen LogP contribution in [0.1, 0.15) is 39.3 Å². The van der Waals surface area contributed by atoms with Crippen LogP contribution in [0.25, 0.3) is 0 Å². The van der Waals surface area contributed by atoms with Gasteiger partial charge in [-0.2, -0.15) is 0 Å². The van der Waals surface area contributed by atoms with Crippen LogP contribution in [0.2, 0.25) is 0 Å². The highest BCUT2D eigenvalue weighted by atomic mass is 79.9. The maximum absolute atomic E-state index is 12.6. The van der Waals surface area contributed by atoms with Crippen molar-refractivity contribution in [2.24, 2.45) is 0 Å². The number of esters is 1. The zero-order chi connectivity index (χ0) is 19.4. The normalized spacial score (nSPS) is 13.0. The first-order chi connectivity index (χ1) is 12.9. The second-order valence-corrected chi connectivity index (χ2v) is 8.07. The summed E-state index contributed by atoms with van der Waals surface area (Å²) in [5.74, 6) is -0.473. The van der Waals surface area contributed by atoms with E-state index in [0.29, 0.717) is 16.7 Å². The topological polar surface area (TPSA) is 46.5 Å². The van der Waals surface area contributed by atoms with Crippen LogP contribution in [0.3, 0.4) is 0 Å². The Hall–Kier alpha value is -1.95. The van der Waals surface area contributed by atoms with Crippen LogP contribution in [0.5, 0.6) is 0 Å². The van der Waals surface area contributed by atoms with Gasteiger partial charge in [-0.3, -0.25) is 0 Å². The number of hydrogen-bond donors (Lipinski definition) is 1. The van der Waals surface area contributed by atoms with Gasteiger partial charge in [0.15, 0.2) is 6.10 Å². The fraction of sp³-hybridized carbons (Fsp3) is 0.136. The third-order valence-electron chi connectivity index (χ3n) is 4.22. The highest BCUT2D eigenvalue weighted by Gasteiger charge is 2.27. The fourth-order valence-corrected chi connectivity index (χ4v) is 3.20. The van der Waals surface area contributed by atoms with Gasteiger partial charge in [-0.1, -0.05) is 73.8 Å². The molecule has 0 aliphatic rings. The van der Waals surface area contributed by atoms with E-state index in [1.807, 2.05) is 55.5 Å². The Bertz CT molecular complexity index is 904. The second kappa shape index (κ2) is 8.83. The van der Waals surface area contributed by atoms with Gasteiger partial charge in [0.2, 0.25) is 0 Å². The smallest absolute Gasteiger partial charge is 0.338 e. The van der Waals surface area contributed by atoms with E-state index in [1.165, 1.54) is 0 Å². The molecule has 0 unspecified atom stereocenters. The Morgan fingerprint density at radius 3 is 1.81 bits per heavy atom. The van der Waals surface area contributed by atoms with Crippen molar-refractivity contribution in [3.8, 4) is 0 Å². The first-order valence-corrected chi connectivity index (χ1v) is 9.99. The van der Waals surface area contributed by atoms with E-state index in [9.17, 15) is 9.90 Å². The molecule has 5 heteroatoms. The Kier molecular flexibility index (Phi) is 6.47. The number of rotatable bonds is 5. The summed E-state index contributed by atoms with van der Waals surface area (Å²) in [5, 5.41) is 10.9. The number of carbonyl (C=O) groups excluding carboxylic acids is 1. The minimum atomic E-state index is -0.992. The molecule has 0 aliphatic carbocycles. The zero-order valence-corrected chi connectivity index (χ0v) is 17.8. The number of aryl methyl sites for hydroxylation is 1. The predicted octanol–water partition coefficient (Wildman–Crippen LogP) is 6.15. The van der Waals surface area contributed by atoms with Crippen molar-refractivity contribution in [3.63, 3.8) is 0 Å². The van der Waals surface area contributed by atoms with Crippen LogP contribution < -0.4 is 0 Å². The molecule has 27 heavy (non-hydrogen) atoms. The lowest BCUT2D eigenvalue weighted by Gasteiger charge is -2.24. The average Bonchev–Trinajstić information content (AvgIpc) is 2.67. The molecule has 0 saturated heterocycles. The summed E-state index contributed by atoms with van der Waals surface area (Å²) in [6.07, 6.45) is -1.82. The number of aliphatic hydroxyl groups excluding tert-OH is 1. The van der Waals surface area contributed by atoms with Crippen molar-refractivity contribution in [1.82, 2.24) is 0 Å². The van der Waals surface area contributed by atoms with Crippen LogP contribution in [-0.4, -0.2) is 11.1 Å². The molecule has 0 aromatic heterocycles. The molecular weight excluding hydrogens is 472 g/mol. The SMILES string of the molecule is Cc1ccc(C(=O)O[C@H](c2ccc(Br)cc2)[C@@H](O)c2ccc(Br)cc2)cc1.